The van der Waals surface area contributed by atoms with Gasteiger partial charge in [-0.3, -0.25) is 0 Å². The molecule has 3 rings (SSSR count). The van der Waals surface area contributed by atoms with E-state index in [4.69, 9.17) is 22.1 Å². The highest BCUT2D eigenvalue weighted by Gasteiger charge is 2.15. The van der Waals surface area contributed by atoms with Crippen LogP contribution in [0.3, 0.4) is 0 Å². The molecule has 0 unspecified atom stereocenters. The van der Waals surface area contributed by atoms with Crippen LogP contribution in [-0.4, -0.2) is 16.7 Å². The van der Waals surface area contributed by atoms with Crippen molar-refractivity contribution >= 4 is 28.2 Å². The summed E-state index contributed by atoms with van der Waals surface area (Å²) in [5, 5.41) is 1.69. The molecule has 2 N–H and O–H groups in total. The first-order valence-corrected chi connectivity index (χ1v) is 6.53. The molecular weight excluding hydrogens is 274 g/mol. The highest BCUT2D eigenvalue weighted by molar-refractivity contribution is 6.31. The summed E-state index contributed by atoms with van der Waals surface area (Å²) in [5.41, 5.74) is 9.63. The maximum atomic E-state index is 6.08. The number of rotatable bonds is 2. The first kappa shape index (κ1) is 12.8. The highest BCUT2D eigenvalue weighted by Crippen LogP contribution is 2.37. The molecule has 102 valence electrons. The number of hydrogen-bond acceptors (Lipinski definition) is 3. The molecule has 1 aromatic carbocycles. The maximum Gasteiger partial charge on any atom is 0.238 e. The number of fused-ring (bicyclic) bond motifs is 1. The molecule has 0 saturated heterocycles. The summed E-state index contributed by atoms with van der Waals surface area (Å²) in [5.74, 6) is 0.594. The molecule has 4 nitrogen and oxygen atoms in total. The summed E-state index contributed by atoms with van der Waals surface area (Å²) < 4.78 is 7.31. The minimum absolute atomic E-state index is 0.594. The van der Waals surface area contributed by atoms with Crippen molar-refractivity contribution in [3.63, 3.8) is 0 Å². The van der Waals surface area contributed by atoms with Gasteiger partial charge in [0, 0.05) is 46.7 Å². The fourth-order valence-corrected chi connectivity index (χ4v) is 2.62. The highest BCUT2D eigenvalue weighted by atomic mass is 35.5. The van der Waals surface area contributed by atoms with E-state index in [0.717, 1.165) is 22.0 Å². The normalized spacial score (nSPS) is 10.9. The number of methoxy groups -OCH3 is 1. The molecule has 0 spiro atoms. The summed E-state index contributed by atoms with van der Waals surface area (Å²) in [6, 6.07) is 7.43. The zero-order valence-corrected chi connectivity index (χ0v) is 12.0. The number of hydrogen-bond donors (Lipinski definition) is 1. The predicted octanol–water partition coefficient (Wildman–Crippen LogP) is 3.48. The van der Waals surface area contributed by atoms with Gasteiger partial charge in [0.05, 0.1) is 7.11 Å². The lowest BCUT2D eigenvalue weighted by Crippen LogP contribution is -1.92. The monoisotopic (exact) mass is 287 g/mol. The van der Waals surface area contributed by atoms with E-state index in [0.29, 0.717) is 16.6 Å². The van der Waals surface area contributed by atoms with E-state index in [9.17, 15) is 0 Å². The van der Waals surface area contributed by atoms with Crippen LogP contribution in [0.4, 0.5) is 5.69 Å². The fourth-order valence-electron chi connectivity index (χ4n) is 2.45. The maximum absolute atomic E-state index is 6.08. The Morgan fingerprint density at radius 3 is 2.80 bits per heavy atom. The van der Waals surface area contributed by atoms with Gasteiger partial charge in [0.25, 0.3) is 0 Å². The Labute approximate surface area is 121 Å². The average Bonchev–Trinajstić information content (AvgIpc) is 2.79. The van der Waals surface area contributed by atoms with Gasteiger partial charge in [-0.25, -0.2) is 4.98 Å². The third kappa shape index (κ3) is 1.89. The summed E-state index contributed by atoms with van der Waals surface area (Å²) in [4.78, 5) is 4.23. The Balaban J connectivity index is 2.35. The van der Waals surface area contributed by atoms with Crippen molar-refractivity contribution in [2.24, 2.45) is 7.05 Å². The van der Waals surface area contributed by atoms with Gasteiger partial charge in [0.1, 0.15) is 5.52 Å². The average molecular weight is 288 g/mol. The molecule has 0 aliphatic heterocycles. The van der Waals surface area contributed by atoms with E-state index < -0.39 is 0 Å². The van der Waals surface area contributed by atoms with Gasteiger partial charge in [-0.15, -0.1) is 0 Å². The van der Waals surface area contributed by atoms with Gasteiger partial charge >= 0.3 is 0 Å². The molecule has 0 radical (unpaired) electrons. The molecule has 0 atom stereocenters. The van der Waals surface area contributed by atoms with E-state index >= 15 is 0 Å². The van der Waals surface area contributed by atoms with Crippen LogP contribution in [0.1, 0.15) is 0 Å². The summed E-state index contributed by atoms with van der Waals surface area (Å²) in [6.45, 7) is 0. The van der Waals surface area contributed by atoms with Crippen LogP contribution in [0.2, 0.25) is 5.02 Å². The molecule has 0 saturated carbocycles. The predicted molar refractivity (Wildman–Crippen MR) is 82.1 cm³/mol. The lowest BCUT2D eigenvalue weighted by Gasteiger charge is -2.05. The zero-order chi connectivity index (χ0) is 14.3. The number of aromatic nitrogens is 2. The van der Waals surface area contributed by atoms with Crippen LogP contribution in [0, 0.1) is 0 Å². The Morgan fingerprint density at radius 1 is 1.25 bits per heavy atom. The van der Waals surface area contributed by atoms with Crippen molar-refractivity contribution in [2.45, 2.75) is 0 Å². The van der Waals surface area contributed by atoms with Gasteiger partial charge in [0.15, 0.2) is 0 Å². The fraction of sp³-hybridized carbons (Fsp3) is 0.133. The molecule has 0 bridgehead atoms. The number of ether oxygens (including phenoxy) is 1. The molecule has 0 fully saturated rings. The Kier molecular flexibility index (Phi) is 3.03. The second-order valence-electron chi connectivity index (χ2n) is 4.60. The summed E-state index contributed by atoms with van der Waals surface area (Å²) >= 11 is 6.08. The number of halogens is 1. The van der Waals surface area contributed by atoms with Crippen LogP contribution >= 0.6 is 11.6 Å². The van der Waals surface area contributed by atoms with Crippen molar-refractivity contribution < 1.29 is 4.74 Å². The van der Waals surface area contributed by atoms with E-state index in [1.807, 2.05) is 36.0 Å². The van der Waals surface area contributed by atoms with Crippen LogP contribution in [0.5, 0.6) is 5.88 Å². The van der Waals surface area contributed by atoms with Crippen molar-refractivity contribution in [1.82, 2.24) is 9.55 Å². The van der Waals surface area contributed by atoms with Crippen LogP contribution in [0.15, 0.2) is 36.7 Å². The minimum atomic E-state index is 0.594. The van der Waals surface area contributed by atoms with Gasteiger partial charge in [0.2, 0.25) is 5.88 Å². The molecule has 2 aromatic heterocycles. The first-order chi connectivity index (χ1) is 9.61. The van der Waals surface area contributed by atoms with E-state index in [1.54, 1.807) is 19.4 Å². The van der Waals surface area contributed by atoms with Crippen molar-refractivity contribution in [3.8, 4) is 17.0 Å². The number of aryl methyl sites for hydroxylation is 1. The SMILES string of the molecule is COc1nccc2c(-c3cc(Cl)ccc3N)cn(C)c12. The van der Waals surface area contributed by atoms with E-state index in [1.165, 1.54) is 0 Å². The van der Waals surface area contributed by atoms with Gasteiger partial charge in [-0.2, -0.15) is 0 Å². The largest absolute Gasteiger partial charge is 0.479 e. The smallest absolute Gasteiger partial charge is 0.238 e. The van der Waals surface area contributed by atoms with Gasteiger partial charge < -0.3 is 15.0 Å². The number of pyridine rings is 1. The topological polar surface area (TPSA) is 53.1 Å². The molecule has 5 heteroatoms. The summed E-state index contributed by atoms with van der Waals surface area (Å²) in [7, 11) is 3.57. The second kappa shape index (κ2) is 4.72. The molecule has 0 aliphatic carbocycles. The van der Waals surface area contributed by atoms with Crippen molar-refractivity contribution in [1.29, 1.82) is 0 Å². The number of benzene rings is 1. The van der Waals surface area contributed by atoms with Crippen LogP contribution in [0.25, 0.3) is 22.0 Å². The minimum Gasteiger partial charge on any atom is -0.479 e. The Morgan fingerprint density at radius 2 is 2.05 bits per heavy atom. The molecule has 3 aromatic rings. The Hall–Kier alpha value is -2.20. The third-order valence-electron chi connectivity index (χ3n) is 3.36. The standard InChI is InChI=1S/C15H14ClN3O/c1-19-8-12(11-7-9(16)3-4-13(11)17)10-5-6-18-15(20-2)14(10)19/h3-8H,17H2,1-2H3. The van der Waals surface area contributed by atoms with Crippen molar-refractivity contribution in [2.75, 3.05) is 12.8 Å². The number of nitrogen functional groups attached to an aromatic ring is 1. The molecule has 0 amide bonds. The van der Waals surface area contributed by atoms with E-state index in [-0.39, 0.29) is 0 Å². The molecule has 20 heavy (non-hydrogen) atoms. The molecular formula is C15H14ClN3O. The molecule has 2 heterocycles. The van der Waals surface area contributed by atoms with Crippen LogP contribution < -0.4 is 10.5 Å². The number of nitrogens with zero attached hydrogens (tertiary/aromatic N) is 2. The lowest BCUT2D eigenvalue weighted by atomic mass is 10.0. The van der Waals surface area contributed by atoms with E-state index in [2.05, 4.69) is 4.98 Å². The number of nitrogens with two attached hydrogens (primary N) is 1. The lowest BCUT2D eigenvalue weighted by molar-refractivity contribution is 0.401. The number of anilines is 1. The first-order valence-electron chi connectivity index (χ1n) is 6.15. The molecule has 0 aliphatic rings. The van der Waals surface area contributed by atoms with Crippen molar-refractivity contribution in [3.05, 3.63) is 41.7 Å². The van der Waals surface area contributed by atoms with Gasteiger partial charge in [-0.05, 0) is 24.3 Å². The van der Waals surface area contributed by atoms with Gasteiger partial charge in [-0.1, -0.05) is 11.6 Å². The second-order valence-corrected chi connectivity index (χ2v) is 5.04. The summed E-state index contributed by atoms with van der Waals surface area (Å²) in [6.07, 6.45) is 3.74. The third-order valence-corrected chi connectivity index (χ3v) is 3.59. The quantitative estimate of drug-likeness (QED) is 0.734. The van der Waals surface area contributed by atoms with Crippen LogP contribution in [-0.2, 0) is 7.05 Å². The zero-order valence-electron chi connectivity index (χ0n) is 11.2. The Bertz CT molecular complexity index is 795.